The predicted octanol–water partition coefficient (Wildman–Crippen LogP) is 4.70. The van der Waals surface area contributed by atoms with Crippen LogP contribution in [0, 0.1) is 0 Å². The van der Waals surface area contributed by atoms with Crippen LogP contribution in [0.3, 0.4) is 0 Å². The second-order valence-corrected chi connectivity index (χ2v) is 7.16. The van der Waals surface area contributed by atoms with Gasteiger partial charge in [-0.1, -0.05) is 11.6 Å². The van der Waals surface area contributed by atoms with E-state index in [0.29, 0.717) is 0 Å². The fraction of sp³-hybridized carbons (Fsp3) is 0.286. The molecular formula is C14H13BrClNO2S. The van der Waals surface area contributed by atoms with Crippen molar-refractivity contribution in [3.63, 3.8) is 0 Å². The molecule has 1 aliphatic rings. The Balaban J connectivity index is 1.92. The van der Waals surface area contributed by atoms with Crippen LogP contribution >= 0.6 is 38.9 Å². The summed E-state index contributed by atoms with van der Waals surface area (Å²) in [7, 11) is 1.64. The molecule has 2 heterocycles. The largest absolute Gasteiger partial charge is 0.497 e. The number of methoxy groups -OCH3 is 1. The average Bonchev–Trinajstić information content (AvgIpc) is 2.78. The van der Waals surface area contributed by atoms with Crippen molar-refractivity contribution in [3.8, 4) is 11.5 Å². The second kappa shape index (κ2) is 5.56. The lowest BCUT2D eigenvalue weighted by Gasteiger charge is -2.30. The first-order valence-electron chi connectivity index (χ1n) is 6.13. The first-order valence-corrected chi connectivity index (χ1v) is 8.12. The zero-order valence-electron chi connectivity index (χ0n) is 10.7. The van der Waals surface area contributed by atoms with E-state index in [9.17, 15) is 0 Å². The molecule has 2 N–H and O–H groups in total. The van der Waals surface area contributed by atoms with Crippen molar-refractivity contribution >= 4 is 38.9 Å². The van der Waals surface area contributed by atoms with Crippen LogP contribution in [0.15, 0.2) is 28.7 Å². The summed E-state index contributed by atoms with van der Waals surface area (Å²) in [5.41, 5.74) is 7.26. The Morgan fingerprint density at radius 1 is 1.45 bits per heavy atom. The Kier molecular flexibility index (Phi) is 3.95. The van der Waals surface area contributed by atoms with E-state index in [4.69, 9.17) is 26.8 Å². The number of hydrogen-bond donors (Lipinski definition) is 1. The van der Waals surface area contributed by atoms with Crippen LogP contribution in [0.25, 0.3) is 0 Å². The van der Waals surface area contributed by atoms with Crippen LogP contribution in [-0.4, -0.2) is 7.11 Å². The molecule has 0 radical (unpaired) electrons. The van der Waals surface area contributed by atoms with Crippen molar-refractivity contribution in [2.24, 2.45) is 5.73 Å². The molecule has 0 spiro atoms. The first-order chi connectivity index (χ1) is 9.58. The molecule has 106 valence electrons. The van der Waals surface area contributed by atoms with Crippen LogP contribution in [-0.2, 0) is 0 Å². The van der Waals surface area contributed by atoms with E-state index in [1.807, 2.05) is 24.3 Å². The van der Waals surface area contributed by atoms with E-state index in [-0.39, 0.29) is 12.1 Å². The third-order valence-corrected chi connectivity index (χ3v) is 5.90. The quantitative estimate of drug-likeness (QED) is 0.829. The molecular weight excluding hydrogens is 362 g/mol. The molecule has 0 saturated heterocycles. The number of ether oxygens (including phenoxy) is 2. The highest BCUT2D eigenvalue weighted by molar-refractivity contribution is 9.10. The lowest BCUT2D eigenvalue weighted by Crippen LogP contribution is -2.23. The summed E-state index contributed by atoms with van der Waals surface area (Å²) >= 11 is 11.0. The summed E-state index contributed by atoms with van der Waals surface area (Å²) in [6.45, 7) is 0. The summed E-state index contributed by atoms with van der Waals surface area (Å²) in [6.07, 6.45) is 0.670. The Morgan fingerprint density at radius 3 is 2.90 bits per heavy atom. The highest BCUT2D eigenvalue weighted by atomic mass is 79.9. The van der Waals surface area contributed by atoms with Gasteiger partial charge in [0.2, 0.25) is 0 Å². The average molecular weight is 375 g/mol. The fourth-order valence-corrected chi connectivity index (χ4v) is 4.08. The van der Waals surface area contributed by atoms with Gasteiger partial charge in [0.1, 0.15) is 21.9 Å². The van der Waals surface area contributed by atoms with E-state index in [2.05, 4.69) is 15.9 Å². The first kappa shape index (κ1) is 14.2. The lowest BCUT2D eigenvalue weighted by atomic mass is 9.96. The minimum Gasteiger partial charge on any atom is -0.497 e. The summed E-state index contributed by atoms with van der Waals surface area (Å²) in [5, 5.41) is 0. The topological polar surface area (TPSA) is 44.5 Å². The van der Waals surface area contributed by atoms with Gasteiger partial charge in [-0.05, 0) is 40.2 Å². The number of nitrogens with two attached hydrogens (primary N) is 1. The van der Waals surface area contributed by atoms with Crippen LogP contribution < -0.4 is 15.2 Å². The molecule has 3 nitrogen and oxygen atoms in total. The van der Waals surface area contributed by atoms with Gasteiger partial charge >= 0.3 is 0 Å². The van der Waals surface area contributed by atoms with E-state index in [0.717, 1.165) is 37.2 Å². The number of thiophene rings is 1. The third kappa shape index (κ3) is 2.55. The molecule has 6 heteroatoms. The molecule has 1 aromatic heterocycles. The standard InChI is InChI=1S/C14H13BrClNO2S/c1-18-7-2-3-11-8(4-7)10(17)6-12(19-11)13-5-9(15)14(16)20-13/h2-5,10,12H,6,17H2,1H3. The molecule has 3 rings (SSSR count). The van der Waals surface area contributed by atoms with Crippen LogP contribution in [0.1, 0.15) is 29.0 Å². The molecule has 2 aromatic rings. The fourth-order valence-electron chi connectivity index (χ4n) is 2.31. The Bertz CT molecular complexity index is 627. The van der Waals surface area contributed by atoms with Crippen molar-refractivity contribution in [2.75, 3.05) is 7.11 Å². The molecule has 1 aromatic carbocycles. The van der Waals surface area contributed by atoms with Gasteiger partial charge in [-0.25, -0.2) is 0 Å². The minimum absolute atomic E-state index is 0.0558. The number of rotatable bonds is 2. The molecule has 2 unspecified atom stereocenters. The highest BCUT2D eigenvalue weighted by Gasteiger charge is 2.29. The molecule has 1 aliphatic heterocycles. The van der Waals surface area contributed by atoms with Crippen molar-refractivity contribution in [2.45, 2.75) is 18.6 Å². The van der Waals surface area contributed by atoms with E-state index >= 15 is 0 Å². The van der Waals surface area contributed by atoms with E-state index in [1.165, 1.54) is 11.3 Å². The maximum Gasteiger partial charge on any atom is 0.135 e. The Morgan fingerprint density at radius 2 is 2.25 bits per heavy atom. The molecule has 0 amide bonds. The van der Waals surface area contributed by atoms with Crippen molar-refractivity contribution in [1.29, 1.82) is 0 Å². The van der Waals surface area contributed by atoms with Gasteiger partial charge in [-0.2, -0.15) is 0 Å². The summed E-state index contributed by atoms with van der Waals surface area (Å²) in [6, 6.07) is 7.65. The molecule has 0 saturated carbocycles. The SMILES string of the molecule is COc1ccc2c(c1)C(N)CC(c1cc(Br)c(Cl)s1)O2. The Hall–Kier alpha value is -0.750. The zero-order chi connectivity index (χ0) is 14.3. The summed E-state index contributed by atoms with van der Waals surface area (Å²) in [5.74, 6) is 1.61. The predicted molar refractivity (Wildman–Crippen MR) is 84.9 cm³/mol. The number of halogens is 2. The lowest BCUT2D eigenvalue weighted by molar-refractivity contribution is 0.164. The Labute approximate surface area is 134 Å². The highest BCUT2D eigenvalue weighted by Crippen LogP contribution is 2.44. The minimum atomic E-state index is -0.0708. The molecule has 20 heavy (non-hydrogen) atoms. The molecule has 0 fully saturated rings. The van der Waals surface area contributed by atoms with Crippen molar-refractivity contribution in [3.05, 3.63) is 43.5 Å². The van der Waals surface area contributed by atoms with Crippen LogP contribution in [0.5, 0.6) is 11.5 Å². The van der Waals surface area contributed by atoms with Gasteiger partial charge in [0.25, 0.3) is 0 Å². The van der Waals surface area contributed by atoms with Gasteiger partial charge < -0.3 is 15.2 Å². The number of hydrogen-bond acceptors (Lipinski definition) is 4. The molecule has 0 bridgehead atoms. The monoisotopic (exact) mass is 373 g/mol. The van der Waals surface area contributed by atoms with Gasteiger partial charge in [0.15, 0.2) is 0 Å². The molecule has 2 atom stereocenters. The number of benzene rings is 1. The number of fused-ring (bicyclic) bond motifs is 1. The van der Waals surface area contributed by atoms with E-state index in [1.54, 1.807) is 7.11 Å². The summed E-state index contributed by atoms with van der Waals surface area (Å²) < 4.78 is 12.9. The van der Waals surface area contributed by atoms with E-state index < -0.39 is 0 Å². The van der Waals surface area contributed by atoms with Gasteiger partial charge in [-0.15, -0.1) is 11.3 Å². The molecule has 0 aliphatic carbocycles. The normalized spacial score (nSPS) is 21.2. The zero-order valence-corrected chi connectivity index (χ0v) is 13.9. The maximum atomic E-state index is 6.27. The van der Waals surface area contributed by atoms with Gasteiger partial charge in [0.05, 0.1) is 7.11 Å². The van der Waals surface area contributed by atoms with Crippen LogP contribution in [0.4, 0.5) is 0 Å². The van der Waals surface area contributed by atoms with Crippen molar-refractivity contribution in [1.82, 2.24) is 0 Å². The third-order valence-electron chi connectivity index (χ3n) is 3.34. The smallest absolute Gasteiger partial charge is 0.135 e. The van der Waals surface area contributed by atoms with Gasteiger partial charge in [-0.3, -0.25) is 0 Å². The van der Waals surface area contributed by atoms with Gasteiger partial charge in [0, 0.05) is 27.4 Å². The van der Waals surface area contributed by atoms with Crippen LogP contribution in [0.2, 0.25) is 4.34 Å². The van der Waals surface area contributed by atoms with Crippen molar-refractivity contribution < 1.29 is 9.47 Å². The second-order valence-electron chi connectivity index (χ2n) is 4.62. The summed E-state index contributed by atoms with van der Waals surface area (Å²) in [4.78, 5) is 1.08. The maximum absolute atomic E-state index is 6.27.